The van der Waals surface area contributed by atoms with E-state index < -0.39 is 17.7 Å². The van der Waals surface area contributed by atoms with Crippen LogP contribution in [0.5, 0.6) is 5.75 Å². The molecule has 0 bridgehead atoms. The van der Waals surface area contributed by atoms with Crippen LogP contribution in [0.4, 0.5) is 4.79 Å². The largest absolute Gasteiger partial charge is 0.495 e. The Morgan fingerprint density at radius 2 is 2.17 bits per heavy atom. The molecule has 1 aromatic heterocycles. The molecule has 0 aliphatic carbocycles. The molecule has 1 aromatic rings. The van der Waals surface area contributed by atoms with E-state index in [-0.39, 0.29) is 12.5 Å². The van der Waals surface area contributed by atoms with Crippen LogP contribution in [-0.4, -0.2) is 47.2 Å². The van der Waals surface area contributed by atoms with Crippen LogP contribution in [0.15, 0.2) is 18.3 Å². The minimum atomic E-state index is -0.574. The minimum absolute atomic E-state index is 0.213. The van der Waals surface area contributed by atoms with Crippen LogP contribution >= 0.6 is 0 Å². The number of hydrogen-bond donors (Lipinski definition) is 1. The second-order valence-electron chi connectivity index (χ2n) is 6.35. The Labute approximate surface area is 136 Å². The van der Waals surface area contributed by atoms with Crippen LogP contribution in [0.1, 0.15) is 32.9 Å². The summed E-state index contributed by atoms with van der Waals surface area (Å²) in [7, 11) is 1.55. The second-order valence-corrected chi connectivity index (χ2v) is 6.35. The van der Waals surface area contributed by atoms with E-state index in [2.05, 4.69) is 10.3 Å². The monoisotopic (exact) mass is 321 g/mol. The Morgan fingerprint density at radius 3 is 2.74 bits per heavy atom. The molecule has 126 valence electrons. The van der Waals surface area contributed by atoms with Gasteiger partial charge in [0.1, 0.15) is 23.1 Å². The van der Waals surface area contributed by atoms with Crippen LogP contribution in [-0.2, 0) is 16.1 Å². The molecule has 1 N–H and O–H groups in total. The van der Waals surface area contributed by atoms with Crippen molar-refractivity contribution in [3.05, 3.63) is 24.0 Å². The molecule has 1 saturated heterocycles. The first kappa shape index (κ1) is 17.1. The number of ether oxygens (including phenoxy) is 2. The molecular formula is C16H23N3O4. The highest BCUT2D eigenvalue weighted by molar-refractivity contribution is 5.87. The average Bonchev–Trinajstić information content (AvgIpc) is 2.42. The molecule has 0 aromatic carbocycles. The summed E-state index contributed by atoms with van der Waals surface area (Å²) >= 11 is 0. The summed E-state index contributed by atoms with van der Waals surface area (Å²) in [6.45, 7) is 6.18. The van der Waals surface area contributed by atoms with Gasteiger partial charge >= 0.3 is 6.09 Å². The van der Waals surface area contributed by atoms with Crippen molar-refractivity contribution in [2.75, 3.05) is 13.7 Å². The fourth-order valence-electron chi connectivity index (χ4n) is 2.23. The van der Waals surface area contributed by atoms with E-state index in [0.29, 0.717) is 24.4 Å². The van der Waals surface area contributed by atoms with Crippen LogP contribution in [0.2, 0.25) is 0 Å². The minimum Gasteiger partial charge on any atom is -0.495 e. The number of hydrogen-bond acceptors (Lipinski definition) is 5. The van der Waals surface area contributed by atoms with Crippen LogP contribution in [0.25, 0.3) is 0 Å². The van der Waals surface area contributed by atoms with Crippen molar-refractivity contribution in [2.24, 2.45) is 0 Å². The van der Waals surface area contributed by atoms with Crippen molar-refractivity contribution in [1.29, 1.82) is 0 Å². The van der Waals surface area contributed by atoms with Gasteiger partial charge < -0.3 is 14.8 Å². The molecular weight excluding hydrogens is 298 g/mol. The van der Waals surface area contributed by atoms with Gasteiger partial charge in [-0.3, -0.25) is 14.7 Å². The van der Waals surface area contributed by atoms with Gasteiger partial charge in [-0.15, -0.1) is 0 Å². The molecule has 2 amide bonds. The number of carbonyl (C=O) groups is 2. The van der Waals surface area contributed by atoms with Crippen molar-refractivity contribution < 1.29 is 19.1 Å². The van der Waals surface area contributed by atoms with E-state index >= 15 is 0 Å². The number of methoxy groups -OCH3 is 1. The zero-order valence-corrected chi connectivity index (χ0v) is 14.0. The lowest BCUT2D eigenvalue weighted by Crippen LogP contribution is -2.59. The van der Waals surface area contributed by atoms with Gasteiger partial charge in [0.25, 0.3) is 0 Å². The first-order valence-electron chi connectivity index (χ1n) is 7.57. The lowest BCUT2D eigenvalue weighted by atomic mass is 10.0. The normalized spacial score (nSPS) is 17.2. The molecule has 2 heterocycles. The summed E-state index contributed by atoms with van der Waals surface area (Å²) in [5.41, 5.74) is 0.0705. The zero-order valence-electron chi connectivity index (χ0n) is 14.0. The highest BCUT2D eigenvalue weighted by atomic mass is 16.6. The first-order chi connectivity index (χ1) is 10.8. The van der Waals surface area contributed by atoms with E-state index in [4.69, 9.17) is 9.47 Å². The summed E-state index contributed by atoms with van der Waals surface area (Å²) in [6, 6.07) is 3.06. The topological polar surface area (TPSA) is 80.8 Å². The number of aromatic nitrogens is 1. The number of likely N-dealkylation sites (tertiary alicyclic amines) is 1. The molecule has 0 radical (unpaired) electrons. The average molecular weight is 321 g/mol. The van der Waals surface area contributed by atoms with E-state index in [9.17, 15) is 9.59 Å². The quantitative estimate of drug-likeness (QED) is 0.913. The fraction of sp³-hybridized carbons (Fsp3) is 0.562. The molecule has 1 aliphatic rings. The third-order valence-electron chi connectivity index (χ3n) is 3.45. The Morgan fingerprint density at radius 1 is 1.43 bits per heavy atom. The van der Waals surface area contributed by atoms with Gasteiger partial charge in [-0.2, -0.15) is 0 Å². The number of amides is 2. The van der Waals surface area contributed by atoms with Gasteiger partial charge in [0, 0.05) is 12.7 Å². The molecule has 1 atom stereocenters. The predicted octanol–water partition coefficient (Wildman–Crippen LogP) is 1.72. The van der Waals surface area contributed by atoms with E-state index in [1.54, 1.807) is 46.2 Å². The van der Waals surface area contributed by atoms with Crippen molar-refractivity contribution in [3.63, 3.8) is 0 Å². The maximum Gasteiger partial charge on any atom is 0.410 e. The van der Waals surface area contributed by atoms with Gasteiger partial charge in [-0.05, 0) is 39.3 Å². The Kier molecular flexibility index (Phi) is 5.08. The van der Waals surface area contributed by atoms with Crippen LogP contribution < -0.4 is 10.1 Å². The summed E-state index contributed by atoms with van der Waals surface area (Å²) in [5, 5.41) is 2.79. The summed E-state index contributed by atoms with van der Waals surface area (Å²) in [6.07, 6.45) is 1.81. The van der Waals surface area contributed by atoms with E-state index in [1.165, 1.54) is 4.90 Å². The van der Waals surface area contributed by atoms with E-state index in [1.807, 2.05) is 0 Å². The zero-order chi connectivity index (χ0) is 17.0. The molecule has 7 nitrogen and oxygen atoms in total. The lowest BCUT2D eigenvalue weighted by molar-refractivity contribution is -0.130. The van der Waals surface area contributed by atoms with Gasteiger partial charge in [0.2, 0.25) is 5.91 Å². The molecule has 2 rings (SSSR count). The number of nitrogens with one attached hydrogen (secondary N) is 1. The van der Waals surface area contributed by atoms with Gasteiger partial charge in [-0.25, -0.2) is 4.79 Å². The maximum absolute atomic E-state index is 12.2. The molecule has 1 fully saturated rings. The standard InChI is InChI=1S/C16H23N3O4/c1-16(2,3)23-15(21)19-9-7-12(19)14(20)18-10-11-13(22-4)6-5-8-17-11/h5-6,8,12H,7,9-10H2,1-4H3,(H,18,20)/t12-/m1/s1. The van der Waals surface area contributed by atoms with E-state index in [0.717, 1.165) is 0 Å². The lowest BCUT2D eigenvalue weighted by Gasteiger charge is -2.40. The summed E-state index contributed by atoms with van der Waals surface area (Å²) in [5.74, 6) is 0.403. The number of rotatable bonds is 4. The number of carbonyl (C=O) groups excluding carboxylic acids is 2. The van der Waals surface area contributed by atoms with Crippen LogP contribution in [0, 0.1) is 0 Å². The third kappa shape index (κ3) is 4.34. The molecule has 0 unspecified atom stereocenters. The summed E-state index contributed by atoms with van der Waals surface area (Å²) in [4.78, 5) is 29.9. The SMILES string of the molecule is COc1cccnc1CNC(=O)[C@H]1CCN1C(=O)OC(C)(C)C. The molecule has 23 heavy (non-hydrogen) atoms. The predicted molar refractivity (Wildman–Crippen MR) is 84.0 cm³/mol. The Hall–Kier alpha value is -2.31. The van der Waals surface area contributed by atoms with Gasteiger partial charge in [0.05, 0.1) is 13.7 Å². The summed E-state index contributed by atoms with van der Waals surface area (Å²) < 4.78 is 10.5. The first-order valence-corrected chi connectivity index (χ1v) is 7.57. The van der Waals surface area contributed by atoms with Crippen molar-refractivity contribution in [2.45, 2.75) is 45.4 Å². The Balaban J connectivity index is 1.90. The van der Waals surface area contributed by atoms with Crippen LogP contribution in [0.3, 0.4) is 0 Å². The molecule has 1 aliphatic heterocycles. The highest BCUT2D eigenvalue weighted by Gasteiger charge is 2.39. The van der Waals surface area contributed by atoms with Crippen molar-refractivity contribution in [1.82, 2.24) is 15.2 Å². The smallest absolute Gasteiger partial charge is 0.410 e. The highest BCUT2D eigenvalue weighted by Crippen LogP contribution is 2.22. The van der Waals surface area contributed by atoms with Crippen molar-refractivity contribution >= 4 is 12.0 Å². The Bertz CT molecular complexity index is 583. The number of nitrogens with zero attached hydrogens (tertiary/aromatic N) is 2. The van der Waals surface area contributed by atoms with Crippen molar-refractivity contribution in [3.8, 4) is 5.75 Å². The van der Waals surface area contributed by atoms with Gasteiger partial charge in [-0.1, -0.05) is 0 Å². The molecule has 0 saturated carbocycles. The molecule has 0 spiro atoms. The number of pyridine rings is 1. The fourth-order valence-corrected chi connectivity index (χ4v) is 2.23. The molecule has 7 heteroatoms. The second kappa shape index (κ2) is 6.85. The maximum atomic E-state index is 12.2. The third-order valence-corrected chi connectivity index (χ3v) is 3.45. The van der Waals surface area contributed by atoms with Gasteiger partial charge in [0.15, 0.2) is 0 Å².